The van der Waals surface area contributed by atoms with E-state index < -0.39 is 23.2 Å². The van der Waals surface area contributed by atoms with E-state index in [2.05, 4.69) is 0 Å². The molecule has 1 heterocycles. The second-order valence-corrected chi connectivity index (χ2v) is 6.32. The van der Waals surface area contributed by atoms with E-state index in [0.29, 0.717) is 11.5 Å². The second-order valence-electron chi connectivity index (χ2n) is 6.32. The standard InChI is InChI=1S/C19H15NO4/c1-19(11-10-12-6-2-5-9-15(12)19)18(23)24-20-16(21)13-7-3-4-8-14(13)17(20)22/h2-9H,10-11H2,1H3. The Kier molecular flexibility index (Phi) is 3.06. The maximum absolute atomic E-state index is 12.8. The van der Waals surface area contributed by atoms with Gasteiger partial charge in [-0.1, -0.05) is 41.5 Å². The van der Waals surface area contributed by atoms with E-state index in [-0.39, 0.29) is 11.1 Å². The van der Waals surface area contributed by atoms with Crippen LogP contribution in [0.4, 0.5) is 0 Å². The van der Waals surface area contributed by atoms with Crippen LogP contribution >= 0.6 is 0 Å². The smallest absolute Gasteiger partial charge is 0.329 e. The number of benzene rings is 2. The zero-order valence-electron chi connectivity index (χ0n) is 13.1. The molecule has 0 spiro atoms. The van der Waals surface area contributed by atoms with Crippen LogP contribution in [0.2, 0.25) is 0 Å². The lowest BCUT2D eigenvalue weighted by Gasteiger charge is -2.25. The number of hydrogen-bond donors (Lipinski definition) is 0. The fraction of sp³-hybridized carbons (Fsp3) is 0.211. The van der Waals surface area contributed by atoms with Crippen LogP contribution in [0.1, 0.15) is 45.2 Å². The molecule has 2 amide bonds. The maximum Gasteiger partial charge on any atom is 0.343 e. The number of amides is 2. The molecule has 5 heteroatoms. The first-order valence-electron chi connectivity index (χ1n) is 7.81. The third-order valence-electron chi connectivity index (χ3n) is 4.89. The fourth-order valence-electron chi connectivity index (χ4n) is 3.44. The van der Waals surface area contributed by atoms with Crippen molar-refractivity contribution in [2.75, 3.05) is 0 Å². The molecule has 2 aromatic rings. The first-order valence-corrected chi connectivity index (χ1v) is 7.81. The molecule has 0 saturated carbocycles. The van der Waals surface area contributed by atoms with Crippen molar-refractivity contribution in [2.24, 2.45) is 0 Å². The van der Waals surface area contributed by atoms with Crippen LogP contribution in [0.5, 0.6) is 0 Å². The van der Waals surface area contributed by atoms with Crippen molar-refractivity contribution < 1.29 is 19.2 Å². The molecule has 2 aliphatic rings. The van der Waals surface area contributed by atoms with Crippen molar-refractivity contribution in [2.45, 2.75) is 25.2 Å². The summed E-state index contributed by atoms with van der Waals surface area (Å²) in [4.78, 5) is 42.7. The average Bonchev–Trinajstić information content (AvgIpc) is 3.07. The van der Waals surface area contributed by atoms with E-state index in [4.69, 9.17) is 4.84 Å². The van der Waals surface area contributed by atoms with Gasteiger partial charge in [0.2, 0.25) is 0 Å². The second kappa shape index (κ2) is 5.03. The Morgan fingerprint density at radius 3 is 2.25 bits per heavy atom. The van der Waals surface area contributed by atoms with Gasteiger partial charge in [0.15, 0.2) is 0 Å². The zero-order valence-corrected chi connectivity index (χ0v) is 13.1. The summed E-state index contributed by atoms with van der Waals surface area (Å²) in [5.74, 6) is -1.78. The number of hydroxylamine groups is 2. The van der Waals surface area contributed by atoms with Crippen molar-refractivity contribution in [3.63, 3.8) is 0 Å². The van der Waals surface area contributed by atoms with Gasteiger partial charge in [-0.05, 0) is 43.0 Å². The van der Waals surface area contributed by atoms with E-state index in [0.717, 1.165) is 17.5 Å². The van der Waals surface area contributed by atoms with Gasteiger partial charge in [-0.3, -0.25) is 9.59 Å². The van der Waals surface area contributed by atoms with Crippen LogP contribution in [-0.4, -0.2) is 22.8 Å². The van der Waals surface area contributed by atoms with Gasteiger partial charge < -0.3 is 4.84 Å². The predicted molar refractivity (Wildman–Crippen MR) is 85.1 cm³/mol. The summed E-state index contributed by atoms with van der Waals surface area (Å²) in [7, 11) is 0. The molecule has 1 atom stereocenters. The van der Waals surface area contributed by atoms with Gasteiger partial charge >= 0.3 is 5.97 Å². The molecule has 1 unspecified atom stereocenters. The Morgan fingerprint density at radius 2 is 1.58 bits per heavy atom. The van der Waals surface area contributed by atoms with Crippen molar-refractivity contribution in [3.8, 4) is 0 Å². The molecule has 24 heavy (non-hydrogen) atoms. The molecule has 0 saturated heterocycles. The minimum atomic E-state index is -0.855. The minimum absolute atomic E-state index is 0.257. The van der Waals surface area contributed by atoms with E-state index in [1.54, 1.807) is 31.2 Å². The summed E-state index contributed by atoms with van der Waals surface area (Å²) in [6, 6.07) is 14.1. The average molecular weight is 321 g/mol. The summed E-state index contributed by atoms with van der Waals surface area (Å²) >= 11 is 0. The van der Waals surface area contributed by atoms with Crippen LogP contribution in [0.3, 0.4) is 0 Å². The molecular formula is C19H15NO4. The molecule has 2 aromatic carbocycles. The van der Waals surface area contributed by atoms with Crippen LogP contribution < -0.4 is 0 Å². The number of carbonyl (C=O) groups is 3. The molecule has 1 aliphatic carbocycles. The number of hydrogen-bond acceptors (Lipinski definition) is 4. The number of fused-ring (bicyclic) bond motifs is 2. The molecular weight excluding hydrogens is 306 g/mol. The Labute approximate surface area is 138 Å². The summed E-state index contributed by atoms with van der Waals surface area (Å²) < 4.78 is 0. The van der Waals surface area contributed by atoms with E-state index >= 15 is 0 Å². The van der Waals surface area contributed by atoms with Gasteiger partial charge in [0, 0.05) is 0 Å². The normalized spacial score (nSPS) is 21.6. The molecule has 0 N–H and O–H groups in total. The predicted octanol–water partition coefficient (Wildman–Crippen LogP) is 2.64. The number of carbonyl (C=O) groups excluding carboxylic acids is 3. The highest BCUT2D eigenvalue weighted by Gasteiger charge is 2.46. The first-order chi connectivity index (χ1) is 11.5. The van der Waals surface area contributed by atoms with Crippen molar-refractivity contribution >= 4 is 17.8 Å². The van der Waals surface area contributed by atoms with Crippen molar-refractivity contribution in [1.82, 2.24) is 5.06 Å². The lowest BCUT2D eigenvalue weighted by atomic mass is 9.84. The summed E-state index contributed by atoms with van der Waals surface area (Å²) in [6.07, 6.45) is 1.36. The maximum atomic E-state index is 12.8. The van der Waals surface area contributed by atoms with Crippen LogP contribution in [0, 0.1) is 0 Å². The highest BCUT2D eigenvalue weighted by atomic mass is 16.7. The van der Waals surface area contributed by atoms with Gasteiger partial charge in [-0.2, -0.15) is 0 Å². The van der Waals surface area contributed by atoms with Crippen LogP contribution in [0.15, 0.2) is 48.5 Å². The highest BCUT2D eigenvalue weighted by Crippen LogP contribution is 2.40. The lowest BCUT2D eigenvalue weighted by Crippen LogP contribution is -2.40. The van der Waals surface area contributed by atoms with Crippen molar-refractivity contribution in [1.29, 1.82) is 0 Å². The van der Waals surface area contributed by atoms with Gasteiger partial charge in [0.05, 0.1) is 16.5 Å². The quantitative estimate of drug-likeness (QED) is 0.798. The minimum Gasteiger partial charge on any atom is -0.329 e. The number of rotatable bonds is 2. The monoisotopic (exact) mass is 321 g/mol. The molecule has 5 nitrogen and oxygen atoms in total. The number of imide groups is 1. The summed E-state index contributed by atoms with van der Waals surface area (Å²) in [5, 5.41) is 0.583. The molecule has 0 radical (unpaired) electrons. The molecule has 4 rings (SSSR count). The van der Waals surface area contributed by atoms with Gasteiger partial charge in [0.1, 0.15) is 0 Å². The Morgan fingerprint density at radius 1 is 1.00 bits per heavy atom. The molecule has 0 aromatic heterocycles. The Balaban J connectivity index is 1.63. The zero-order chi connectivity index (χ0) is 16.9. The molecule has 0 fully saturated rings. The van der Waals surface area contributed by atoms with Gasteiger partial charge in [0.25, 0.3) is 11.8 Å². The topological polar surface area (TPSA) is 63.7 Å². The third-order valence-corrected chi connectivity index (χ3v) is 4.89. The van der Waals surface area contributed by atoms with E-state index in [9.17, 15) is 14.4 Å². The molecule has 120 valence electrons. The SMILES string of the molecule is CC1(C(=O)ON2C(=O)c3ccccc3C2=O)CCc2ccccc21. The third kappa shape index (κ3) is 1.91. The van der Waals surface area contributed by atoms with E-state index in [1.165, 1.54) is 0 Å². The van der Waals surface area contributed by atoms with Crippen LogP contribution in [-0.2, 0) is 21.5 Å². The largest absolute Gasteiger partial charge is 0.343 e. The Hall–Kier alpha value is -2.95. The number of nitrogens with zero attached hydrogens (tertiary/aromatic N) is 1. The van der Waals surface area contributed by atoms with Gasteiger partial charge in [-0.25, -0.2) is 4.79 Å². The number of aryl methyl sites for hydroxylation is 1. The summed E-state index contributed by atoms with van der Waals surface area (Å²) in [5.41, 5.74) is 1.65. The lowest BCUT2D eigenvalue weighted by molar-refractivity contribution is -0.175. The summed E-state index contributed by atoms with van der Waals surface area (Å²) in [6.45, 7) is 1.79. The van der Waals surface area contributed by atoms with E-state index in [1.807, 2.05) is 24.3 Å². The highest BCUT2D eigenvalue weighted by molar-refractivity contribution is 6.21. The molecule has 0 bridgehead atoms. The first kappa shape index (κ1) is 14.6. The van der Waals surface area contributed by atoms with Gasteiger partial charge in [-0.15, -0.1) is 0 Å². The van der Waals surface area contributed by atoms with Crippen molar-refractivity contribution in [3.05, 3.63) is 70.8 Å². The Bertz CT molecular complexity index is 853. The van der Waals surface area contributed by atoms with Crippen LogP contribution in [0.25, 0.3) is 0 Å². The fourth-order valence-corrected chi connectivity index (χ4v) is 3.44. The molecule has 1 aliphatic heterocycles.